The number of fused-ring (bicyclic) bond motifs is 1. The molecule has 0 bridgehead atoms. The molecule has 0 unspecified atom stereocenters. The molecule has 0 fully saturated rings. The minimum atomic E-state index is -0.207. The van der Waals surface area contributed by atoms with Crippen LogP contribution in [-0.2, 0) is 15.3 Å². The maximum absolute atomic E-state index is 11.3. The Labute approximate surface area is 163 Å². The van der Waals surface area contributed by atoms with E-state index in [0.29, 0.717) is 5.75 Å². The Balaban J connectivity index is 0.00000117. The number of carbonyl (C=O) groups is 1. The van der Waals surface area contributed by atoms with Gasteiger partial charge in [0, 0.05) is 10.6 Å². The molecule has 1 N–H and O–H groups in total. The summed E-state index contributed by atoms with van der Waals surface area (Å²) >= 11 is 3.20. The number of hydrogen-bond donors (Lipinski definition) is 1. The van der Waals surface area contributed by atoms with Crippen molar-refractivity contribution in [3.63, 3.8) is 0 Å². The molecule has 4 nitrogen and oxygen atoms in total. The molecule has 3 rings (SSSR count). The Bertz CT molecular complexity index is 829. The first kappa shape index (κ1) is 20.4. The molecule has 0 saturated carbocycles. The fraction of sp³-hybridized carbons (Fsp3) is 0.300. The number of hydrogen-bond acceptors (Lipinski definition) is 5. The van der Waals surface area contributed by atoms with Crippen LogP contribution in [0.25, 0.3) is 11.0 Å². The number of H-pyrrole nitrogens is 1. The number of para-hydroxylation sites is 2. The van der Waals surface area contributed by atoms with E-state index in [-0.39, 0.29) is 5.97 Å². The van der Waals surface area contributed by atoms with Crippen molar-refractivity contribution in [3.05, 3.63) is 53.6 Å². The number of thioether (sulfide) groups is 2. The molecule has 0 atom stereocenters. The summed E-state index contributed by atoms with van der Waals surface area (Å²) in [6.07, 6.45) is 0. The molecule has 138 valence electrons. The summed E-state index contributed by atoms with van der Waals surface area (Å²) in [5.41, 5.74) is 4.49. The highest BCUT2D eigenvalue weighted by Crippen LogP contribution is 2.29. The smallest absolute Gasteiger partial charge is 0.315 e. The fourth-order valence-corrected chi connectivity index (χ4v) is 4.18. The zero-order valence-electron chi connectivity index (χ0n) is 15.5. The summed E-state index contributed by atoms with van der Waals surface area (Å²) in [5.74, 6) is 0.956. The summed E-state index contributed by atoms with van der Waals surface area (Å²) in [6.45, 7) is 6.09. The van der Waals surface area contributed by atoms with Crippen molar-refractivity contribution in [1.82, 2.24) is 9.97 Å². The van der Waals surface area contributed by atoms with Gasteiger partial charge in [-0.25, -0.2) is 4.98 Å². The number of aromatic nitrogens is 2. The first-order valence-electron chi connectivity index (χ1n) is 8.53. The van der Waals surface area contributed by atoms with E-state index in [2.05, 4.69) is 23.0 Å². The highest BCUT2D eigenvalue weighted by atomic mass is 32.2. The second kappa shape index (κ2) is 10.3. The third kappa shape index (κ3) is 5.29. The number of nitrogens with zero attached hydrogens (tertiary/aromatic N) is 1. The Morgan fingerprint density at radius 1 is 1.12 bits per heavy atom. The highest BCUT2D eigenvalue weighted by Gasteiger charge is 2.09. The molecule has 0 aliphatic rings. The van der Waals surface area contributed by atoms with Crippen LogP contribution in [-0.4, -0.2) is 28.8 Å². The van der Waals surface area contributed by atoms with E-state index in [9.17, 15) is 4.79 Å². The van der Waals surface area contributed by atoms with Gasteiger partial charge in [-0.1, -0.05) is 49.9 Å². The number of ether oxygens (including phenoxy) is 1. The van der Waals surface area contributed by atoms with Crippen LogP contribution in [0.5, 0.6) is 0 Å². The molecule has 26 heavy (non-hydrogen) atoms. The zero-order chi connectivity index (χ0) is 18.9. The Hall–Kier alpha value is -1.92. The van der Waals surface area contributed by atoms with Gasteiger partial charge in [-0.2, -0.15) is 0 Å². The van der Waals surface area contributed by atoms with Crippen LogP contribution in [0, 0.1) is 6.92 Å². The van der Waals surface area contributed by atoms with Crippen LogP contribution in [0.2, 0.25) is 0 Å². The van der Waals surface area contributed by atoms with Crippen LogP contribution < -0.4 is 0 Å². The molecule has 0 saturated heterocycles. The fourth-order valence-electron chi connectivity index (χ4n) is 2.31. The van der Waals surface area contributed by atoms with Crippen molar-refractivity contribution >= 4 is 40.5 Å². The lowest BCUT2D eigenvalue weighted by molar-refractivity contribution is -0.137. The number of nitrogens with one attached hydrogen (secondary N) is 1. The van der Waals surface area contributed by atoms with Crippen molar-refractivity contribution in [3.8, 4) is 0 Å². The summed E-state index contributed by atoms with van der Waals surface area (Å²) in [6, 6.07) is 14.2. The van der Waals surface area contributed by atoms with Gasteiger partial charge in [0.25, 0.3) is 0 Å². The topological polar surface area (TPSA) is 55.0 Å². The second-order valence-electron chi connectivity index (χ2n) is 5.25. The highest BCUT2D eigenvalue weighted by molar-refractivity contribution is 8.00. The van der Waals surface area contributed by atoms with E-state index in [1.807, 2.05) is 50.2 Å². The quantitative estimate of drug-likeness (QED) is 0.449. The molecule has 3 aromatic rings. The third-order valence-corrected chi connectivity index (χ3v) is 5.76. The molecule has 2 aromatic carbocycles. The molecule has 0 amide bonds. The van der Waals surface area contributed by atoms with Crippen molar-refractivity contribution in [2.45, 2.75) is 36.6 Å². The monoisotopic (exact) mass is 388 g/mol. The van der Waals surface area contributed by atoms with E-state index < -0.39 is 0 Å². The second-order valence-corrected chi connectivity index (χ2v) is 7.23. The number of benzene rings is 2. The van der Waals surface area contributed by atoms with Crippen molar-refractivity contribution in [1.29, 1.82) is 0 Å². The van der Waals surface area contributed by atoms with Crippen molar-refractivity contribution < 1.29 is 9.53 Å². The van der Waals surface area contributed by atoms with Crippen molar-refractivity contribution in [2.24, 2.45) is 0 Å². The van der Waals surface area contributed by atoms with Crippen LogP contribution in [0.1, 0.15) is 25.0 Å². The van der Waals surface area contributed by atoms with E-state index in [1.54, 1.807) is 11.8 Å². The maximum atomic E-state index is 11.3. The van der Waals surface area contributed by atoms with Gasteiger partial charge in [0.1, 0.15) is 0 Å². The zero-order valence-corrected chi connectivity index (χ0v) is 17.2. The lowest BCUT2D eigenvalue weighted by atomic mass is 10.1. The first-order chi connectivity index (χ1) is 12.7. The number of imidazole rings is 1. The van der Waals surface area contributed by atoms with Crippen LogP contribution in [0.15, 0.2) is 52.5 Å². The number of aromatic amines is 1. The SMILES string of the molecule is CC.COC(=O)CSc1cccc(CSc2nc3ccccc3[nH]2)c1C. The molecule has 0 spiro atoms. The third-order valence-electron chi connectivity index (χ3n) is 3.70. The predicted octanol–water partition coefficient (Wildman–Crippen LogP) is 5.45. The lowest BCUT2D eigenvalue weighted by Crippen LogP contribution is -2.03. The molecule has 6 heteroatoms. The number of carbonyl (C=O) groups excluding carboxylic acids is 1. The van der Waals surface area contributed by atoms with E-state index in [1.165, 1.54) is 30.0 Å². The van der Waals surface area contributed by atoms with Gasteiger partial charge in [-0.05, 0) is 36.2 Å². The van der Waals surface area contributed by atoms with Gasteiger partial charge in [0.2, 0.25) is 0 Å². The summed E-state index contributed by atoms with van der Waals surface area (Å²) in [4.78, 5) is 20.4. The Morgan fingerprint density at radius 3 is 2.62 bits per heavy atom. The van der Waals surface area contributed by atoms with Gasteiger partial charge in [0.15, 0.2) is 5.16 Å². The van der Waals surface area contributed by atoms with Gasteiger partial charge >= 0.3 is 5.97 Å². The van der Waals surface area contributed by atoms with E-state index in [0.717, 1.165) is 26.8 Å². The predicted molar refractivity (Wildman–Crippen MR) is 111 cm³/mol. The van der Waals surface area contributed by atoms with Gasteiger partial charge < -0.3 is 9.72 Å². The molecule has 0 radical (unpaired) electrons. The average molecular weight is 389 g/mol. The largest absolute Gasteiger partial charge is 0.468 e. The summed E-state index contributed by atoms with van der Waals surface area (Å²) in [5, 5.41) is 0.920. The number of esters is 1. The normalized spacial score (nSPS) is 10.3. The van der Waals surface area contributed by atoms with Crippen LogP contribution in [0.3, 0.4) is 0 Å². The van der Waals surface area contributed by atoms with Crippen LogP contribution >= 0.6 is 23.5 Å². The van der Waals surface area contributed by atoms with Crippen molar-refractivity contribution in [2.75, 3.05) is 12.9 Å². The minimum Gasteiger partial charge on any atom is -0.468 e. The van der Waals surface area contributed by atoms with E-state index in [4.69, 9.17) is 4.74 Å². The van der Waals surface area contributed by atoms with E-state index >= 15 is 0 Å². The average Bonchev–Trinajstić information content (AvgIpc) is 3.10. The molecular weight excluding hydrogens is 364 g/mol. The van der Waals surface area contributed by atoms with Gasteiger partial charge in [-0.15, -0.1) is 11.8 Å². The number of methoxy groups -OCH3 is 1. The van der Waals surface area contributed by atoms with Crippen LogP contribution in [0.4, 0.5) is 0 Å². The first-order valence-corrected chi connectivity index (χ1v) is 10.5. The minimum absolute atomic E-state index is 0.207. The number of rotatable bonds is 6. The standard InChI is InChI=1S/C18H18N2O2S2.C2H6/c1-12-13(6-5-9-16(12)23-11-17(21)22-2)10-24-18-19-14-7-3-4-8-15(14)20-18;1-2/h3-9H,10-11H2,1-2H3,(H,19,20);1-2H3. The molecule has 1 heterocycles. The van der Waals surface area contributed by atoms with Gasteiger partial charge in [0.05, 0.1) is 23.9 Å². The maximum Gasteiger partial charge on any atom is 0.315 e. The Kier molecular flexibility index (Phi) is 8.06. The Morgan fingerprint density at radius 2 is 1.88 bits per heavy atom. The molecule has 1 aromatic heterocycles. The molecular formula is C20H24N2O2S2. The van der Waals surface area contributed by atoms with Gasteiger partial charge in [-0.3, -0.25) is 4.79 Å². The lowest BCUT2D eigenvalue weighted by Gasteiger charge is -2.10. The molecule has 0 aliphatic heterocycles. The summed E-state index contributed by atoms with van der Waals surface area (Å²) in [7, 11) is 1.41. The summed E-state index contributed by atoms with van der Waals surface area (Å²) < 4.78 is 4.70. The molecule has 0 aliphatic carbocycles.